The molecule has 1 atom stereocenters. The highest BCUT2D eigenvalue weighted by molar-refractivity contribution is 6.74. The van der Waals surface area contributed by atoms with Crippen LogP contribution in [0.1, 0.15) is 44.0 Å². The molecule has 1 aliphatic heterocycles. The van der Waals surface area contributed by atoms with Crippen molar-refractivity contribution in [3.63, 3.8) is 0 Å². The molecule has 1 amide bonds. The molecule has 1 fully saturated rings. The van der Waals surface area contributed by atoms with E-state index in [4.69, 9.17) is 4.43 Å². The zero-order valence-corrected chi connectivity index (χ0v) is 19.8. The topological polar surface area (TPSA) is 46.6 Å². The third kappa shape index (κ3) is 5.08. The monoisotopic (exact) mass is 423 g/mol. The third-order valence-corrected chi connectivity index (χ3v) is 11.0. The minimum atomic E-state index is -1.83. The molecule has 2 aromatic rings. The van der Waals surface area contributed by atoms with Crippen molar-refractivity contribution in [3.8, 4) is 11.1 Å². The van der Waals surface area contributed by atoms with E-state index in [-0.39, 0.29) is 29.3 Å². The van der Waals surface area contributed by atoms with E-state index in [0.29, 0.717) is 25.0 Å². The largest absolute Gasteiger partial charge is 0.417 e. The average molecular weight is 424 g/mol. The number of nitrogens with zero attached hydrogens (tertiary/aromatic N) is 1. The van der Waals surface area contributed by atoms with Gasteiger partial charge in [0.25, 0.3) is 5.91 Å². The Morgan fingerprint density at radius 2 is 1.63 bits per heavy atom. The SMILES string of the molecule is CC(C)(C)[Si](C)(C)OCC[C@H]1CC(=O)CN1C(=O)c1ccc(-c2ccccc2)cc1. The number of benzene rings is 2. The van der Waals surface area contributed by atoms with Crippen LogP contribution in [0.2, 0.25) is 18.1 Å². The van der Waals surface area contributed by atoms with Crippen molar-refractivity contribution in [2.45, 2.75) is 57.8 Å². The summed E-state index contributed by atoms with van der Waals surface area (Å²) < 4.78 is 6.28. The van der Waals surface area contributed by atoms with Gasteiger partial charge in [-0.15, -0.1) is 0 Å². The Labute approximate surface area is 181 Å². The molecule has 2 aromatic carbocycles. The Bertz CT molecular complexity index is 885. The maximum absolute atomic E-state index is 13.1. The molecule has 0 aliphatic carbocycles. The molecule has 0 N–H and O–H groups in total. The molecule has 30 heavy (non-hydrogen) atoms. The molecule has 0 radical (unpaired) electrons. The van der Waals surface area contributed by atoms with E-state index in [0.717, 1.165) is 11.1 Å². The Morgan fingerprint density at radius 1 is 1.03 bits per heavy atom. The summed E-state index contributed by atoms with van der Waals surface area (Å²) in [5.74, 6) is 0.0550. The zero-order chi connectivity index (χ0) is 21.9. The first-order valence-corrected chi connectivity index (χ1v) is 13.6. The van der Waals surface area contributed by atoms with Gasteiger partial charge in [0, 0.05) is 24.6 Å². The summed E-state index contributed by atoms with van der Waals surface area (Å²) in [7, 11) is -1.83. The molecule has 3 rings (SSSR count). The second kappa shape index (κ2) is 8.86. The van der Waals surface area contributed by atoms with Crippen LogP contribution in [-0.4, -0.2) is 44.1 Å². The minimum Gasteiger partial charge on any atom is -0.417 e. The summed E-state index contributed by atoms with van der Waals surface area (Å²) in [5.41, 5.74) is 2.82. The molecule has 0 unspecified atom stereocenters. The van der Waals surface area contributed by atoms with Crippen molar-refractivity contribution in [3.05, 3.63) is 60.2 Å². The number of ketones is 1. The van der Waals surface area contributed by atoms with Crippen molar-refractivity contribution in [2.75, 3.05) is 13.2 Å². The first kappa shape index (κ1) is 22.4. The van der Waals surface area contributed by atoms with Gasteiger partial charge < -0.3 is 9.33 Å². The second-order valence-electron chi connectivity index (χ2n) is 9.67. The molecule has 0 spiro atoms. The first-order valence-electron chi connectivity index (χ1n) is 10.7. The van der Waals surface area contributed by atoms with Crippen molar-refractivity contribution < 1.29 is 14.0 Å². The van der Waals surface area contributed by atoms with E-state index in [1.807, 2.05) is 54.6 Å². The smallest absolute Gasteiger partial charge is 0.254 e. The summed E-state index contributed by atoms with van der Waals surface area (Å²) in [6, 6.07) is 17.7. The van der Waals surface area contributed by atoms with Crippen LogP contribution in [0.3, 0.4) is 0 Å². The zero-order valence-electron chi connectivity index (χ0n) is 18.8. The minimum absolute atomic E-state index is 0.0715. The Kier molecular flexibility index (Phi) is 6.63. The summed E-state index contributed by atoms with van der Waals surface area (Å²) in [6.45, 7) is 11.9. The van der Waals surface area contributed by atoms with Crippen LogP contribution in [0.15, 0.2) is 54.6 Å². The van der Waals surface area contributed by atoms with E-state index >= 15 is 0 Å². The van der Waals surface area contributed by atoms with Crippen LogP contribution >= 0.6 is 0 Å². The number of Topliss-reactive ketones (excluding diaryl/α,β-unsaturated/α-hetero) is 1. The van der Waals surface area contributed by atoms with Crippen molar-refractivity contribution >= 4 is 20.0 Å². The lowest BCUT2D eigenvalue weighted by atomic mass is 10.0. The normalized spacial score (nSPS) is 17.4. The van der Waals surface area contributed by atoms with Gasteiger partial charge in [0.15, 0.2) is 14.1 Å². The molecule has 0 saturated carbocycles. The van der Waals surface area contributed by atoms with E-state index in [2.05, 4.69) is 33.9 Å². The van der Waals surface area contributed by atoms with Crippen LogP contribution in [0.5, 0.6) is 0 Å². The fourth-order valence-corrected chi connectivity index (χ4v) is 4.58. The van der Waals surface area contributed by atoms with Gasteiger partial charge in [-0.3, -0.25) is 9.59 Å². The molecule has 0 bridgehead atoms. The fourth-order valence-electron chi connectivity index (χ4n) is 3.52. The number of amides is 1. The van der Waals surface area contributed by atoms with Gasteiger partial charge >= 0.3 is 0 Å². The first-order chi connectivity index (χ1) is 14.1. The van der Waals surface area contributed by atoms with Gasteiger partial charge in [-0.05, 0) is 47.8 Å². The standard InChI is InChI=1S/C25H33NO3Si/c1-25(2,3)30(4,5)29-16-15-22-17-23(27)18-26(22)24(28)21-13-11-20(12-14-21)19-9-7-6-8-10-19/h6-14,22H,15-18H2,1-5H3/t22-/m0/s1. The maximum Gasteiger partial charge on any atom is 0.254 e. The second-order valence-corrected chi connectivity index (χ2v) is 14.5. The van der Waals surface area contributed by atoms with Gasteiger partial charge in [-0.25, -0.2) is 0 Å². The average Bonchev–Trinajstić information content (AvgIpc) is 3.07. The number of rotatable bonds is 6. The van der Waals surface area contributed by atoms with E-state index in [1.165, 1.54) is 0 Å². The summed E-state index contributed by atoms with van der Waals surface area (Å²) in [5, 5.41) is 0.147. The number of carbonyl (C=O) groups is 2. The molecule has 4 nitrogen and oxygen atoms in total. The van der Waals surface area contributed by atoms with Crippen LogP contribution < -0.4 is 0 Å². The van der Waals surface area contributed by atoms with Crippen LogP contribution in [0.4, 0.5) is 0 Å². The molecule has 5 heteroatoms. The van der Waals surface area contributed by atoms with Crippen LogP contribution in [-0.2, 0) is 9.22 Å². The van der Waals surface area contributed by atoms with Gasteiger partial charge in [-0.2, -0.15) is 0 Å². The lowest BCUT2D eigenvalue weighted by Crippen LogP contribution is -2.42. The van der Waals surface area contributed by atoms with Gasteiger partial charge in [-0.1, -0.05) is 63.2 Å². The predicted octanol–water partition coefficient (Wildman–Crippen LogP) is 5.55. The Hall–Kier alpha value is -2.24. The molecule has 1 saturated heterocycles. The number of carbonyl (C=O) groups excluding carboxylic acids is 2. The summed E-state index contributed by atoms with van der Waals surface area (Å²) in [4.78, 5) is 27.0. The van der Waals surface area contributed by atoms with E-state index in [1.54, 1.807) is 4.90 Å². The summed E-state index contributed by atoms with van der Waals surface area (Å²) in [6.07, 6.45) is 1.13. The number of hydrogen-bond acceptors (Lipinski definition) is 3. The summed E-state index contributed by atoms with van der Waals surface area (Å²) >= 11 is 0. The predicted molar refractivity (Wildman–Crippen MR) is 124 cm³/mol. The number of likely N-dealkylation sites (tertiary alicyclic amines) is 1. The Morgan fingerprint density at radius 3 is 2.23 bits per heavy atom. The Balaban J connectivity index is 1.66. The highest BCUT2D eigenvalue weighted by Gasteiger charge is 2.38. The van der Waals surface area contributed by atoms with Crippen molar-refractivity contribution in [2.24, 2.45) is 0 Å². The van der Waals surface area contributed by atoms with Crippen LogP contribution in [0.25, 0.3) is 11.1 Å². The lowest BCUT2D eigenvalue weighted by Gasteiger charge is -2.36. The molecule has 0 aromatic heterocycles. The van der Waals surface area contributed by atoms with Gasteiger partial charge in [0.05, 0.1) is 6.54 Å². The molecule has 1 heterocycles. The van der Waals surface area contributed by atoms with Crippen molar-refractivity contribution in [1.29, 1.82) is 0 Å². The lowest BCUT2D eigenvalue weighted by molar-refractivity contribution is -0.116. The highest BCUT2D eigenvalue weighted by atomic mass is 28.4. The molecular weight excluding hydrogens is 390 g/mol. The van der Waals surface area contributed by atoms with Gasteiger partial charge in [0.1, 0.15) is 0 Å². The van der Waals surface area contributed by atoms with Crippen molar-refractivity contribution in [1.82, 2.24) is 4.90 Å². The molecule has 1 aliphatic rings. The third-order valence-electron chi connectivity index (χ3n) is 6.47. The van der Waals surface area contributed by atoms with E-state index < -0.39 is 8.32 Å². The molecule has 160 valence electrons. The highest BCUT2D eigenvalue weighted by Crippen LogP contribution is 2.36. The van der Waals surface area contributed by atoms with Crippen LogP contribution in [0, 0.1) is 0 Å². The molecular formula is C25H33NO3Si. The number of hydrogen-bond donors (Lipinski definition) is 0. The van der Waals surface area contributed by atoms with Gasteiger partial charge in [0.2, 0.25) is 0 Å². The van der Waals surface area contributed by atoms with E-state index in [9.17, 15) is 9.59 Å². The fraction of sp³-hybridized carbons (Fsp3) is 0.440. The maximum atomic E-state index is 13.1. The quantitative estimate of drug-likeness (QED) is 0.572.